The number of ether oxygens (including phenoxy) is 1. The van der Waals surface area contributed by atoms with E-state index in [1.54, 1.807) is 12.4 Å². The van der Waals surface area contributed by atoms with Crippen LogP contribution in [0.15, 0.2) is 73.3 Å². The van der Waals surface area contributed by atoms with Crippen molar-refractivity contribution in [3.8, 4) is 5.75 Å². The van der Waals surface area contributed by atoms with Gasteiger partial charge in [-0.05, 0) is 60.9 Å². The Hall–Kier alpha value is -3.67. The SMILES string of the molecule is Cc1cn2cccc(OCC(=O)Nc3ccc(Cc4ccncc4)cc3)c2n1. The maximum Gasteiger partial charge on any atom is 0.262 e. The van der Waals surface area contributed by atoms with Crippen LogP contribution in [-0.4, -0.2) is 26.9 Å². The van der Waals surface area contributed by atoms with Gasteiger partial charge in [0, 0.05) is 30.5 Å². The first-order chi connectivity index (χ1) is 13.7. The maximum absolute atomic E-state index is 12.2. The highest BCUT2D eigenvalue weighted by atomic mass is 16.5. The van der Waals surface area contributed by atoms with Crippen LogP contribution in [-0.2, 0) is 11.2 Å². The van der Waals surface area contributed by atoms with Crippen molar-refractivity contribution in [1.82, 2.24) is 14.4 Å². The number of carbonyl (C=O) groups excluding carboxylic acids is 1. The molecule has 6 nitrogen and oxygen atoms in total. The number of aryl methyl sites for hydroxylation is 1. The van der Waals surface area contributed by atoms with Crippen molar-refractivity contribution in [3.63, 3.8) is 0 Å². The van der Waals surface area contributed by atoms with Crippen LogP contribution in [0.3, 0.4) is 0 Å². The minimum Gasteiger partial charge on any atom is -0.480 e. The van der Waals surface area contributed by atoms with E-state index in [9.17, 15) is 4.79 Å². The molecule has 0 aliphatic heterocycles. The predicted octanol–water partition coefficient (Wildman–Crippen LogP) is 3.65. The number of rotatable bonds is 6. The molecule has 0 saturated carbocycles. The molecule has 0 unspecified atom stereocenters. The Morgan fingerprint density at radius 3 is 2.61 bits per heavy atom. The van der Waals surface area contributed by atoms with Gasteiger partial charge in [0.15, 0.2) is 18.0 Å². The monoisotopic (exact) mass is 372 g/mol. The summed E-state index contributed by atoms with van der Waals surface area (Å²) in [6, 6.07) is 15.5. The van der Waals surface area contributed by atoms with E-state index in [-0.39, 0.29) is 12.5 Å². The number of imidazole rings is 1. The van der Waals surface area contributed by atoms with E-state index in [4.69, 9.17) is 4.74 Å². The van der Waals surface area contributed by atoms with Crippen molar-refractivity contribution in [2.45, 2.75) is 13.3 Å². The van der Waals surface area contributed by atoms with Gasteiger partial charge >= 0.3 is 0 Å². The van der Waals surface area contributed by atoms with Crippen LogP contribution in [0.25, 0.3) is 5.65 Å². The maximum atomic E-state index is 12.2. The number of anilines is 1. The fourth-order valence-electron chi connectivity index (χ4n) is 3.01. The topological polar surface area (TPSA) is 68.5 Å². The van der Waals surface area contributed by atoms with Crippen molar-refractivity contribution in [1.29, 1.82) is 0 Å². The van der Waals surface area contributed by atoms with Gasteiger partial charge in [-0.2, -0.15) is 0 Å². The molecule has 0 radical (unpaired) electrons. The zero-order valence-corrected chi connectivity index (χ0v) is 15.5. The van der Waals surface area contributed by atoms with Gasteiger partial charge in [-0.15, -0.1) is 0 Å². The summed E-state index contributed by atoms with van der Waals surface area (Å²) < 4.78 is 7.55. The molecule has 1 N–H and O–H groups in total. The van der Waals surface area contributed by atoms with E-state index in [1.807, 2.05) is 72.2 Å². The third-order valence-electron chi connectivity index (χ3n) is 4.32. The van der Waals surface area contributed by atoms with Crippen LogP contribution in [0.5, 0.6) is 5.75 Å². The Morgan fingerprint density at radius 1 is 1.07 bits per heavy atom. The molecule has 6 heteroatoms. The van der Waals surface area contributed by atoms with Crippen LogP contribution in [0, 0.1) is 6.92 Å². The van der Waals surface area contributed by atoms with E-state index >= 15 is 0 Å². The summed E-state index contributed by atoms with van der Waals surface area (Å²) in [7, 11) is 0. The number of nitrogens with zero attached hydrogens (tertiary/aromatic N) is 3. The molecule has 4 aromatic rings. The summed E-state index contributed by atoms with van der Waals surface area (Å²) in [4.78, 5) is 20.7. The van der Waals surface area contributed by atoms with E-state index in [0.717, 1.165) is 17.8 Å². The summed E-state index contributed by atoms with van der Waals surface area (Å²) in [5.41, 5.74) is 4.70. The van der Waals surface area contributed by atoms with Gasteiger partial charge in [-0.3, -0.25) is 9.78 Å². The molecule has 0 spiro atoms. The van der Waals surface area contributed by atoms with E-state index in [2.05, 4.69) is 15.3 Å². The predicted molar refractivity (Wildman–Crippen MR) is 108 cm³/mol. The number of carbonyl (C=O) groups is 1. The second-order valence-corrected chi connectivity index (χ2v) is 6.55. The molecule has 0 bridgehead atoms. The Labute approximate surface area is 162 Å². The molecule has 0 aliphatic carbocycles. The highest BCUT2D eigenvalue weighted by Crippen LogP contribution is 2.19. The lowest BCUT2D eigenvalue weighted by molar-refractivity contribution is -0.118. The van der Waals surface area contributed by atoms with Crippen LogP contribution in [0.4, 0.5) is 5.69 Å². The largest absolute Gasteiger partial charge is 0.480 e. The molecule has 140 valence electrons. The Bertz CT molecular complexity index is 1090. The number of hydrogen-bond acceptors (Lipinski definition) is 4. The van der Waals surface area contributed by atoms with Gasteiger partial charge in [0.05, 0.1) is 5.69 Å². The number of pyridine rings is 2. The third kappa shape index (κ3) is 4.17. The minimum absolute atomic E-state index is 0.0790. The van der Waals surface area contributed by atoms with Crippen LogP contribution in [0.1, 0.15) is 16.8 Å². The molecular formula is C22H20N4O2. The highest BCUT2D eigenvalue weighted by molar-refractivity contribution is 5.92. The summed E-state index contributed by atoms with van der Waals surface area (Å²) in [6.07, 6.45) is 8.21. The standard InChI is InChI=1S/C22H20N4O2/c1-16-14-26-12-2-3-20(22(26)24-16)28-15-21(27)25-19-6-4-17(5-7-19)13-18-8-10-23-11-9-18/h2-12,14H,13,15H2,1H3,(H,25,27). The zero-order valence-electron chi connectivity index (χ0n) is 15.5. The molecule has 0 saturated heterocycles. The summed E-state index contributed by atoms with van der Waals surface area (Å²) in [6.45, 7) is 1.84. The Balaban J connectivity index is 1.34. The first-order valence-electron chi connectivity index (χ1n) is 9.02. The van der Waals surface area contributed by atoms with Gasteiger partial charge in [-0.1, -0.05) is 12.1 Å². The molecule has 4 rings (SSSR count). The van der Waals surface area contributed by atoms with Crippen LogP contribution >= 0.6 is 0 Å². The average molecular weight is 372 g/mol. The minimum atomic E-state index is -0.216. The lowest BCUT2D eigenvalue weighted by Crippen LogP contribution is -2.20. The van der Waals surface area contributed by atoms with Gasteiger partial charge in [0.2, 0.25) is 0 Å². The summed E-state index contributed by atoms with van der Waals surface area (Å²) >= 11 is 0. The van der Waals surface area contributed by atoms with E-state index < -0.39 is 0 Å². The van der Waals surface area contributed by atoms with Crippen molar-refractivity contribution in [2.75, 3.05) is 11.9 Å². The number of benzene rings is 1. The van der Waals surface area contributed by atoms with E-state index in [1.165, 1.54) is 11.1 Å². The molecule has 0 atom stereocenters. The van der Waals surface area contributed by atoms with E-state index in [0.29, 0.717) is 11.4 Å². The fraction of sp³-hybridized carbons (Fsp3) is 0.136. The summed E-state index contributed by atoms with van der Waals surface area (Å²) in [5.74, 6) is 0.366. The van der Waals surface area contributed by atoms with Crippen molar-refractivity contribution in [3.05, 3.63) is 90.1 Å². The van der Waals surface area contributed by atoms with Gasteiger partial charge < -0.3 is 14.5 Å². The normalized spacial score (nSPS) is 10.8. The number of fused-ring (bicyclic) bond motifs is 1. The Kier molecular flexibility index (Phi) is 5.01. The first kappa shape index (κ1) is 17.7. The molecule has 1 aromatic carbocycles. The molecule has 3 aromatic heterocycles. The van der Waals surface area contributed by atoms with Crippen molar-refractivity contribution < 1.29 is 9.53 Å². The molecule has 28 heavy (non-hydrogen) atoms. The molecule has 1 amide bonds. The quantitative estimate of drug-likeness (QED) is 0.561. The number of aromatic nitrogens is 3. The average Bonchev–Trinajstić information content (AvgIpc) is 3.09. The van der Waals surface area contributed by atoms with Crippen molar-refractivity contribution >= 4 is 17.2 Å². The van der Waals surface area contributed by atoms with Crippen molar-refractivity contribution in [2.24, 2.45) is 0 Å². The van der Waals surface area contributed by atoms with Crippen LogP contribution in [0.2, 0.25) is 0 Å². The molecule has 0 fully saturated rings. The summed E-state index contributed by atoms with van der Waals surface area (Å²) in [5, 5.41) is 2.86. The third-order valence-corrected chi connectivity index (χ3v) is 4.32. The van der Waals surface area contributed by atoms with Crippen LogP contribution < -0.4 is 10.1 Å². The first-order valence-corrected chi connectivity index (χ1v) is 9.02. The molecular weight excluding hydrogens is 352 g/mol. The van der Waals surface area contributed by atoms with Gasteiger partial charge in [0.1, 0.15) is 0 Å². The zero-order chi connectivity index (χ0) is 19.3. The lowest BCUT2D eigenvalue weighted by atomic mass is 10.1. The number of amides is 1. The highest BCUT2D eigenvalue weighted by Gasteiger charge is 2.08. The second-order valence-electron chi connectivity index (χ2n) is 6.55. The smallest absolute Gasteiger partial charge is 0.262 e. The lowest BCUT2D eigenvalue weighted by Gasteiger charge is -2.09. The van der Waals surface area contributed by atoms with Gasteiger partial charge in [0.25, 0.3) is 5.91 Å². The second kappa shape index (κ2) is 7.92. The van der Waals surface area contributed by atoms with Gasteiger partial charge in [-0.25, -0.2) is 4.98 Å². The Morgan fingerprint density at radius 2 is 1.82 bits per heavy atom. The molecule has 3 heterocycles. The fourth-order valence-corrected chi connectivity index (χ4v) is 3.01. The number of hydrogen-bond donors (Lipinski definition) is 1. The molecule has 0 aliphatic rings. The number of nitrogens with one attached hydrogen (secondary N) is 1.